The average molecular weight is 193 g/mol. The number of rotatable bonds is 3. The topological polar surface area (TPSA) is 3.24 Å². The molecule has 0 spiro atoms. The van der Waals surface area contributed by atoms with Crippen molar-refractivity contribution in [3.05, 3.63) is 35.9 Å². The standard InChI is InChI=1S/C11H15NS/c1-12(2)11(13)9-8-10-6-4-3-5-7-10/h3-7H,8-9H2,1-2H3. The molecular formula is C11H15NS. The fraction of sp³-hybridized carbons (Fsp3) is 0.364. The van der Waals surface area contributed by atoms with E-state index in [1.807, 2.05) is 25.1 Å². The summed E-state index contributed by atoms with van der Waals surface area (Å²) in [6, 6.07) is 10.4. The van der Waals surface area contributed by atoms with Crippen LogP contribution < -0.4 is 0 Å². The highest BCUT2D eigenvalue weighted by atomic mass is 32.1. The lowest BCUT2D eigenvalue weighted by atomic mass is 10.1. The van der Waals surface area contributed by atoms with Gasteiger partial charge in [0.2, 0.25) is 0 Å². The van der Waals surface area contributed by atoms with Crippen LogP contribution in [0.4, 0.5) is 0 Å². The molecule has 1 nitrogen and oxygen atoms in total. The van der Waals surface area contributed by atoms with Crippen LogP contribution in [0.1, 0.15) is 12.0 Å². The molecule has 0 radical (unpaired) electrons. The lowest BCUT2D eigenvalue weighted by molar-refractivity contribution is 0.617. The van der Waals surface area contributed by atoms with Crippen molar-refractivity contribution in [3.8, 4) is 0 Å². The van der Waals surface area contributed by atoms with Crippen molar-refractivity contribution >= 4 is 17.2 Å². The summed E-state index contributed by atoms with van der Waals surface area (Å²) in [4.78, 5) is 3.02. The molecule has 0 atom stereocenters. The van der Waals surface area contributed by atoms with Gasteiger partial charge >= 0.3 is 0 Å². The van der Waals surface area contributed by atoms with Gasteiger partial charge in [0, 0.05) is 20.5 Å². The third-order valence-electron chi connectivity index (χ3n) is 1.97. The molecule has 70 valence electrons. The molecule has 0 unspecified atom stereocenters. The van der Waals surface area contributed by atoms with Crippen molar-refractivity contribution in [3.63, 3.8) is 0 Å². The smallest absolute Gasteiger partial charge is 0.0777 e. The van der Waals surface area contributed by atoms with Gasteiger partial charge in [-0.15, -0.1) is 0 Å². The van der Waals surface area contributed by atoms with Crippen LogP contribution in [0.25, 0.3) is 0 Å². The highest BCUT2D eigenvalue weighted by Gasteiger charge is 1.99. The third kappa shape index (κ3) is 3.55. The van der Waals surface area contributed by atoms with Gasteiger partial charge in [-0.2, -0.15) is 0 Å². The average Bonchev–Trinajstić information content (AvgIpc) is 2.15. The number of nitrogens with zero attached hydrogens (tertiary/aromatic N) is 1. The molecule has 0 aliphatic carbocycles. The van der Waals surface area contributed by atoms with E-state index in [1.54, 1.807) is 0 Å². The second-order valence-electron chi connectivity index (χ2n) is 3.27. The largest absolute Gasteiger partial charge is 0.372 e. The third-order valence-corrected chi connectivity index (χ3v) is 2.54. The SMILES string of the molecule is CN(C)C(=S)CCc1ccccc1. The zero-order chi connectivity index (χ0) is 9.68. The van der Waals surface area contributed by atoms with Crippen LogP contribution in [0.2, 0.25) is 0 Å². The molecule has 0 amide bonds. The van der Waals surface area contributed by atoms with E-state index in [2.05, 4.69) is 24.3 Å². The van der Waals surface area contributed by atoms with Gasteiger partial charge in [0.05, 0.1) is 4.99 Å². The summed E-state index contributed by atoms with van der Waals surface area (Å²) < 4.78 is 0. The quantitative estimate of drug-likeness (QED) is 0.679. The second-order valence-corrected chi connectivity index (χ2v) is 3.75. The van der Waals surface area contributed by atoms with E-state index in [4.69, 9.17) is 12.2 Å². The Hall–Kier alpha value is -0.890. The van der Waals surface area contributed by atoms with Gasteiger partial charge in [-0.1, -0.05) is 42.5 Å². The maximum absolute atomic E-state index is 5.20. The first-order valence-electron chi connectivity index (χ1n) is 4.44. The van der Waals surface area contributed by atoms with Crippen molar-refractivity contribution in [1.29, 1.82) is 0 Å². The first-order valence-corrected chi connectivity index (χ1v) is 4.85. The van der Waals surface area contributed by atoms with Crippen molar-refractivity contribution in [2.75, 3.05) is 14.1 Å². The zero-order valence-corrected chi connectivity index (χ0v) is 8.97. The summed E-state index contributed by atoms with van der Waals surface area (Å²) >= 11 is 5.20. The van der Waals surface area contributed by atoms with Crippen LogP contribution in [0.5, 0.6) is 0 Å². The van der Waals surface area contributed by atoms with Crippen molar-refractivity contribution in [2.45, 2.75) is 12.8 Å². The van der Waals surface area contributed by atoms with Gasteiger partial charge < -0.3 is 4.90 Å². The van der Waals surface area contributed by atoms with E-state index in [-0.39, 0.29) is 0 Å². The minimum absolute atomic E-state index is 0.965. The number of hydrogen-bond donors (Lipinski definition) is 0. The highest BCUT2D eigenvalue weighted by molar-refractivity contribution is 7.80. The molecule has 1 aromatic carbocycles. The van der Waals surface area contributed by atoms with Gasteiger partial charge in [0.25, 0.3) is 0 Å². The number of thiocarbonyl (C=S) groups is 1. The van der Waals surface area contributed by atoms with Gasteiger partial charge in [-0.3, -0.25) is 0 Å². The summed E-state index contributed by atoms with van der Waals surface area (Å²) in [5.41, 5.74) is 1.35. The lowest BCUT2D eigenvalue weighted by Gasteiger charge is -2.13. The monoisotopic (exact) mass is 193 g/mol. The first kappa shape index (κ1) is 10.2. The predicted octanol–water partition coefficient (Wildman–Crippen LogP) is 2.51. The van der Waals surface area contributed by atoms with E-state index in [9.17, 15) is 0 Å². The normalized spacial score (nSPS) is 9.69. The number of benzene rings is 1. The van der Waals surface area contributed by atoms with E-state index in [1.165, 1.54) is 5.56 Å². The van der Waals surface area contributed by atoms with Crippen molar-refractivity contribution in [1.82, 2.24) is 4.90 Å². The van der Waals surface area contributed by atoms with E-state index in [0.717, 1.165) is 17.8 Å². The van der Waals surface area contributed by atoms with Crippen LogP contribution in [0, 0.1) is 0 Å². The summed E-state index contributed by atoms with van der Waals surface area (Å²) in [5.74, 6) is 0. The molecule has 1 aromatic rings. The zero-order valence-electron chi connectivity index (χ0n) is 8.16. The number of hydrogen-bond acceptors (Lipinski definition) is 1. The van der Waals surface area contributed by atoms with Crippen LogP contribution in [-0.2, 0) is 6.42 Å². The molecule has 0 bridgehead atoms. The van der Waals surface area contributed by atoms with E-state index >= 15 is 0 Å². The Balaban J connectivity index is 2.40. The first-order chi connectivity index (χ1) is 6.20. The van der Waals surface area contributed by atoms with E-state index < -0.39 is 0 Å². The van der Waals surface area contributed by atoms with Crippen LogP contribution in [0.3, 0.4) is 0 Å². The van der Waals surface area contributed by atoms with Gasteiger partial charge in [0.1, 0.15) is 0 Å². The molecule has 0 aliphatic rings. The Morgan fingerprint density at radius 2 is 1.85 bits per heavy atom. The summed E-state index contributed by atoms with van der Waals surface area (Å²) in [7, 11) is 3.99. The molecule has 0 heterocycles. The maximum Gasteiger partial charge on any atom is 0.0777 e. The van der Waals surface area contributed by atoms with E-state index in [0.29, 0.717) is 0 Å². The molecule has 0 aromatic heterocycles. The molecule has 2 heteroatoms. The van der Waals surface area contributed by atoms with Crippen LogP contribution in [0.15, 0.2) is 30.3 Å². The molecule has 13 heavy (non-hydrogen) atoms. The second kappa shape index (κ2) is 4.97. The summed E-state index contributed by atoms with van der Waals surface area (Å²) in [6.45, 7) is 0. The molecule has 0 saturated carbocycles. The molecule has 0 aliphatic heterocycles. The highest BCUT2D eigenvalue weighted by Crippen LogP contribution is 2.04. The molecule has 0 fully saturated rings. The Bertz CT molecular complexity index is 267. The molecule has 1 rings (SSSR count). The summed E-state index contributed by atoms with van der Waals surface area (Å²) in [5, 5.41) is 0. The fourth-order valence-corrected chi connectivity index (χ4v) is 1.22. The van der Waals surface area contributed by atoms with Gasteiger partial charge in [-0.05, 0) is 12.0 Å². The lowest BCUT2D eigenvalue weighted by Crippen LogP contribution is -2.19. The molecule has 0 N–H and O–H groups in total. The Labute approximate surface area is 85.4 Å². The number of aryl methyl sites for hydroxylation is 1. The minimum Gasteiger partial charge on any atom is -0.372 e. The van der Waals surface area contributed by atoms with Crippen molar-refractivity contribution in [2.24, 2.45) is 0 Å². The Kier molecular flexibility index (Phi) is 3.90. The fourth-order valence-electron chi connectivity index (χ4n) is 1.12. The van der Waals surface area contributed by atoms with Crippen LogP contribution in [-0.4, -0.2) is 24.0 Å². The maximum atomic E-state index is 5.20. The van der Waals surface area contributed by atoms with Crippen LogP contribution >= 0.6 is 12.2 Å². The molecular weight excluding hydrogens is 178 g/mol. The van der Waals surface area contributed by atoms with Crippen molar-refractivity contribution < 1.29 is 0 Å². The summed E-state index contributed by atoms with van der Waals surface area (Å²) in [6.07, 6.45) is 2.00. The van der Waals surface area contributed by atoms with Gasteiger partial charge in [-0.25, -0.2) is 0 Å². The predicted molar refractivity (Wildman–Crippen MR) is 61.0 cm³/mol. The molecule has 0 saturated heterocycles. The minimum atomic E-state index is 0.965. The Morgan fingerprint density at radius 1 is 1.23 bits per heavy atom. The van der Waals surface area contributed by atoms with Gasteiger partial charge in [0.15, 0.2) is 0 Å². The Morgan fingerprint density at radius 3 is 2.38 bits per heavy atom.